The van der Waals surface area contributed by atoms with Crippen LogP contribution in [0, 0.1) is 5.92 Å². The fourth-order valence-corrected chi connectivity index (χ4v) is 4.14. The zero-order valence-corrected chi connectivity index (χ0v) is 16.4. The third-order valence-corrected chi connectivity index (χ3v) is 5.64. The molecule has 28 heavy (non-hydrogen) atoms. The first kappa shape index (κ1) is 18.5. The number of amides is 1. The van der Waals surface area contributed by atoms with E-state index in [1.54, 1.807) is 26.6 Å². The summed E-state index contributed by atoms with van der Waals surface area (Å²) in [6.07, 6.45) is 6.22. The smallest absolute Gasteiger partial charge is 0.227 e. The van der Waals surface area contributed by atoms with Gasteiger partial charge in [-0.2, -0.15) is 0 Å². The molecule has 148 valence electrons. The zero-order chi connectivity index (χ0) is 19.5. The highest BCUT2D eigenvalue weighted by Crippen LogP contribution is 2.34. The van der Waals surface area contributed by atoms with Crippen LogP contribution in [0.2, 0.25) is 0 Å². The van der Waals surface area contributed by atoms with Gasteiger partial charge in [-0.15, -0.1) is 0 Å². The number of rotatable bonds is 4. The maximum atomic E-state index is 13.2. The Hall–Kier alpha value is -2.83. The van der Waals surface area contributed by atoms with Gasteiger partial charge in [0.05, 0.1) is 20.1 Å². The zero-order valence-electron chi connectivity index (χ0n) is 16.4. The molecule has 1 aromatic carbocycles. The van der Waals surface area contributed by atoms with Crippen LogP contribution in [-0.2, 0) is 17.8 Å². The Kier molecular flexibility index (Phi) is 5.32. The van der Waals surface area contributed by atoms with E-state index >= 15 is 0 Å². The fourth-order valence-electron chi connectivity index (χ4n) is 4.14. The molecule has 7 heteroatoms. The van der Waals surface area contributed by atoms with Gasteiger partial charge in [0, 0.05) is 38.6 Å². The number of ether oxygens (including phenoxy) is 2. The molecule has 1 unspecified atom stereocenters. The molecular weight excluding hydrogens is 356 g/mol. The van der Waals surface area contributed by atoms with Gasteiger partial charge in [0.2, 0.25) is 11.9 Å². The van der Waals surface area contributed by atoms with E-state index in [0.29, 0.717) is 24.8 Å². The fraction of sp³-hybridized carbons (Fsp3) is 0.476. The Bertz CT molecular complexity index is 843. The molecule has 1 amide bonds. The summed E-state index contributed by atoms with van der Waals surface area (Å²) in [5, 5.41) is 0. The summed E-state index contributed by atoms with van der Waals surface area (Å²) in [6.45, 7) is 2.93. The number of aromatic nitrogens is 2. The maximum Gasteiger partial charge on any atom is 0.227 e. The van der Waals surface area contributed by atoms with E-state index in [4.69, 9.17) is 9.47 Å². The molecule has 0 spiro atoms. The molecule has 0 saturated carbocycles. The van der Waals surface area contributed by atoms with Crippen molar-refractivity contribution < 1.29 is 14.3 Å². The van der Waals surface area contributed by atoms with Gasteiger partial charge >= 0.3 is 0 Å². The average Bonchev–Trinajstić information content (AvgIpc) is 2.77. The molecule has 0 aliphatic carbocycles. The van der Waals surface area contributed by atoms with Gasteiger partial charge in [-0.25, -0.2) is 9.97 Å². The molecule has 2 aliphatic heterocycles. The van der Waals surface area contributed by atoms with Crippen molar-refractivity contribution in [2.75, 3.05) is 38.8 Å². The van der Waals surface area contributed by atoms with Crippen LogP contribution in [0.5, 0.6) is 11.5 Å². The van der Waals surface area contributed by atoms with Gasteiger partial charge in [-0.3, -0.25) is 4.79 Å². The van der Waals surface area contributed by atoms with E-state index < -0.39 is 0 Å². The third-order valence-electron chi connectivity index (χ3n) is 5.64. The lowest BCUT2D eigenvalue weighted by atomic mass is 9.93. The molecule has 4 rings (SSSR count). The molecule has 1 fully saturated rings. The maximum absolute atomic E-state index is 13.2. The summed E-state index contributed by atoms with van der Waals surface area (Å²) in [5.74, 6) is 2.37. The second-order valence-corrected chi connectivity index (χ2v) is 7.32. The largest absolute Gasteiger partial charge is 0.493 e. The molecule has 0 radical (unpaired) electrons. The van der Waals surface area contributed by atoms with E-state index in [1.165, 1.54) is 5.56 Å². The van der Waals surface area contributed by atoms with Crippen molar-refractivity contribution in [2.45, 2.75) is 25.8 Å². The van der Waals surface area contributed by atoms with Crippen LogP contribution in [0.1, 0.15) is 24.0 Å². The molecule has 7 nitrogen and oxygen atoms in total. The van der Waals surface area contributed by atoms with Gasteiger partial charge in [-0.05, 0) is 48.6 Å². The lowest BCUT2D eigenvalue weighted by Crippen LogP contribution is -2.46. The van der Waals surface area contributed by atoms with E-state index in [-0.39, 0.29) is 11.8 Å². The first-order chi connectivity index (χ1) is 13.7. The highest BCUT2D eigenvalue weighted by atomic mass is 16.5. The van der Waals surface area contributed by atoms with Crippen molar-refractivity contribution in [1.29, 1.82) is 0 Å². The topological polar surface area (TPSA) is 67.8 Å². The van der Waals surface area contributed by atoms with Crippen molar-refractivity contribution in [2.24, 2.45) is 5.92 Å². The van der Waals surface area contributed by atoms with Crippen LogP contribution in [0.25, 0.3) is 0 Å². The van der Waals surface area contributed by atoms with Gasteiger partial charge in [0.15, 0.2) is 11.5 Å². The van der Waals surface area contributed by atoms with Crippen LogP contribution in [0.4, 0.5) is 5.95 Å². The van der Waals surface area contributed by atoms with Crippen molar-refractivity contribution in [1.82, 2.24) is 14.9 Å². The summed E-state index contributed by atoms with van der Waals surface area (Å²) in [7, 11) is 3.28. The first-order valence-corrected chi connectivity index (χ1v) is 9.74. The Morgan fingerprint density at radius 3 is 2.50 bits per heavy atom. The SMILES string of the molecule is COc1cc2c(cc1OC)CN(C(=O)C1CCCN(c3ncccn3)C1)CC2. The Balaban J connectivity index is 1.47. The molecule has 0 N–H and O–H groups in total. The van der Waals surface area contributed by atoms with Crippen LogP contribution < -0.4 is 14.4 Å². The molecule has 0 bridgehead atoms. The molecule has 3 heterocycles. The van der Waals surface area contributed by atoms with Gasteiger partial charge in [-0.1, -0.05) is 0 Å². The predicted molar refractivity (Wildman–Crippen MR) is 106 cm³/mol. The van der Waals surface area contributed by atoms with Crippen LogP contribution in [0.3, 0.4) is 0 Å². The predicted octanol–water partition coefficient (Wildman–Crippen LogP) is 2.30. The van der Waals surface area contributed by atoms with Crippen LogP contribution in [-0.4, -0.2) is 54.6 Å². The summed E-state index contributed by atoms with van der Waals surface area (Å²) >= 11 is 0. The number of hydrogen-bond donors (Lipinski definition) is 0. The van der Waals surface area contributed by atoms with Crippen molar-refractivity contribution in [3.05, 3.63) is 41.7 Å². The Labute approximate surface area is 165 Å². The number of fused-ring (bicyclic) bond motifs is 1. The van der Waals surface area contributed by atoms with E-state index in [2.05, 4.69) is 14.9 Å². The van der Waals surface area contributed by atoms with Crippen LogP contribution >= 0.6 is 0 Å². The minimum atomic E-state index is -0.0146. The van der Waals surface area contributed by atoms with Crippen molar-refractivity contribution in [3.8, 4) is 11.5 Å². The number of anilines is 1. The molecule has 2 aliphatic rings. The highest BCUT2D eigenvalue weighted by molar-refractivity contribution is 5.80. The monoisotopic (exact) mass is 382 g/mol. The van der Waals surface area contributed by atoms with Gasteiger partial charge in [0.1, 0.15) is 0 Å². The number of hydrogen-bond acceptors (Lipinski definition) is 6. The summed E-state index contributed by atoms with van der Waals surface area (Å²) in [5.41, 5.74) is 2.36. The minimum absolute atomic E-state index is 0.0146. The lowest BCUT2D eigenvalue weighted by molar-refractivity contribution is -0.136. The standard InChI is InChI=1S/C21H26N4O3/c1-27-18-11-15-6-10-24(14-17(15)12-19(18)28-2)20(26)16-5-3-9-25(13-16)21-22-7-4-8-23-21/h4,7-8,11-12,16H,3,5-6,9-10,13-14H2,1-2H3. The average molecular weight is 382 g/mol. The number of benzene rings is 1. The van der Waals surface area contributed by atoms with Gasteiger partial charge in [0.25, 0.3) is 0 Å². The quantitative estimate of drug-likeness (QED) is 0.808. The number of piperidine rings is 1. The molecular formula is C21H26N4O3. The second-order valence-electron chi connectivity index (χ2n) is 7.32. The Morgan fingerprint density at radius 1 is 1.07 bits per heavy atom. The molecule has 1 aromatic heterocycles. The normalized spacial score (nSPS) is 19.1. The number of carbonyl (C=O) groups excluding carboxylic acids is 1. The van der Waals surface area contributed by atoms with Crippen LogP contribution in [0.15, 0.2) is 30.6 Å². The lowest BCUT2D eigenvalue weighted by Gasteiger charge is -2.36. The summed E-state index contributed by atoms with van der Waals surface area (Å²) in [4.78, 5) is 26.0. The third kappa shape index (κ3) is 3.61. The van der Waals surface area contributed by atoms with Crippen molar-refractivity contribution in [3.63, 3.8) is 0 Å². The summed E-state index contributed by atoms with van der Waals surface area (Å²) < 4.78 is 10.8. The number of nitrogens with zero attached hydrogens (tertiary/aromatic N) is 4. The first-order valence-electron chi connectivity index (χ1n) is 9.74. The van der Waals surface area contributed by atoms with E-state index in [1.807, 2.05) is 23.1 Å². The molecule has 2 aromatic rings. The second kappa shape index (κ2) is 8.04. The summed E-state index contributed by atoms with van der Waals surface area (Å²) in [6, 6.07) is 5.84. The Morgan fingerprint density at radius 2 is 1.79 bits per heavy atom. The van der Waals surface area contributed by atoms with E-state index in [9.17, 15) is 4.79 Å². The number of carbonyl (C=O) groups is 1. The van der Waals surface area contributed by atoms with E-state index in [0.717, 1.165) is 43.7 Å². The number of methoxy groups -OCH3 is 2. The molecule has 1 atom stereocenters. The highest BCUT2D eigenvalue weighted by Gasteiger charge is 2.32. The molecule has 1 saturated heterocycles. The minimum Gasteiger partial charge on any atom is -0.493 e. The van der Waals surface area contributed by atoms with Crippen molar-refractivity contribution >= 4 is 11.9 Å². The van der Waals surface area contributed by atoms with Gasteiger partial charge < -0.3 is 19.3 Å².